The Bertz CT molecular complexity index is 647. The molecule has 2 aromatic carbocycles. The van der Waals surface area contributed by atoms with E-state index in [4.69, 9.17) is 4.42 Å². The molecule has 0 atom stereocenters. The van der Waals surface area contributed by atoms with E-state index in [0.717, 1.165) is 22.6 Å². The summed E-state index contributed by atoms with van der Waals surface area (Å²) in [6.07, 6.45) is 1.74. The van der Waals surface area contributed by atoms with E-state index in [1.54, 1.807) is 6.39 Å². The number of rotatable bonds is 2. The maximum Gasteiger partial charge on any atom is 0.335 e. The molecule has 3 aromatic rings. The molecule has 0 unspecified atom stereocenters. The molecule has 0 aliphatic rings. The van der Waals surface area contributed by atoms with Gasteiger partial charge in [0.25, 0.3) is 5.69 Å². The van der Waals surface area contributed by atoms with Gasteiger partial charge in [-0.1, -0.05) is 48.5 Å². The second-order valence-electron chi connectivity index (χ2n) is 4.24. The lowest BCUT2D eigenvalue weighted by Crippen LogP contribution is -3.00. The molecule has 96 valence electrons. The Labute approximate surface area is 129 Å². The van der Waals surface area contributed by atoms with Gasteiger partial charge in [0.15, 0.2) is 0 Å². The molecule has 0 radical (unpaired) electrons. The molecular formula is C16H14INO. The van der Waals surface area contributed by atoms with Gasteiger partial charge < -0.3 is 28.4 Å². The standard InChI is InChI=1S/C16H14NO.HI/c1-17-12-18-16(14-10-6-3-7-11-14)15(17)13-8-4-2-5-9-13;/h2-12H,1H3;1H/q+1;/p-1. The summed E-state index contributed by atoms with van der Waals surface area (Å²) in [4.78, 5) is 0. The molecule has 1 heterocycles. The maximum absolute atomic E-state index is 5.70. The molecule has 0 spiro atoms. The zero-order chi connectivity index (χ0) is 12.4. The average molecular weight is 363 g/mol. The number of aromatic nitrogens is 1. The zero-order valence-corrected chi connectivity index (χ0v) is 12.7. The zero-order valence-electron chi connectivity index (χ0n) is 10.6. The van der Waals surface area contributed by atoms with Gasteiger partial charge in [-0.25, -0.2) is 0 Å². The molecule has 2 nitrogen and oxygen atoms in total. The van der Waals surface area contributed by atoms with Gasteiger partial charge in [0.1, 0.15) is 7.05 Å². The fraction of sp³-hybridized carbons (Fsp3) is 0.0625. The van der Waals surface area contributed by atoms with Gasteiger partial charge in [0.2, 0.25) is 5.76 Å². The summed E-state index contributed by atoms with van der Waals surface area (Å²) < 4.78 is 7.71. The van der Waals surface area contributed by atoms with E-state index in [9.17, 15) is 0 Å². The molecule has 0 saturated heterocycles. The van der Waals surface area contributed by atoms with Crippen molar-refractivity contribution in [1.82, 2.24) is 0 Å². The minimum atomic E-state index is 0. The van der Waals surface area contributed by atoms with Crippen molar-refractivity contribution in [3.63, 3.8) is 0 Å². The van der Waals surface area contributed by atoms with Crippen molar-refractivity contribution in [1.29, 1.82) is 0 Å². The van der Waals surface area contributed by atoms with Gasteiger partial charge in [-0.2, -0.15) is 4.57 Å². The summed E-state index contributed by atoms with van der Waals surface area (Å²) in [7, 11) is 2.00. The summed E-state index contributed by atoms with van der Waals surface area (Å²) in [5.74, 6) is 0.907. The second kappa shape index (κ2) is 6.02. The summed E-state index contributed by atoms with van der Waals surface area (Å²) in [5.41, 5.74) is 3.35. The van der Waals surface area contributed by atoms with Gasteiger partial charge in [-0.05, 0) is 12.1 Å². The topological polar surface area (TPSA) is 17.0 Å². The van der Waals surface area contributed by atoms with Crippen LogP contribution in [0.2, 0.25) is 0 Å². The molecule has 19 heavy (non-hydrogen) atoms. The van der Waals surface area contributed by atoms with E-state index in [-0.39, 0.29) is 24.0 Å². The third-order valence-electron chi connectivity index (χ3n) is 2.98. The second-order valence-corrected chi connectivity index (χ2v) is 4.24. The van der Waals surface area contributed by atoms with Crippen LogP contribution >= 0.6 is 0 Å². The molecule has 3 rings (SSSR count). The number of benzene rings is 2. The molecule has 0 N–H and O–H groups in total. The van der Waals surface area contributed by atoms with E-state index in [1.165, 1.54) is 0 Å². The predicted octanol–water partition coefficient (Wildman–Crippen LogP) is 0.442. The van der Waals surface area contributed by atoms with Crippen molar-refractivity contribution in [2.75, 3.05) is 0 Å². The first-order valence-corrected chi connectivity index (χ1v) is 5.94. The summed E-state index contributed by atoms with van der Waals surface area (Å²) >= 11 is 0. The molecule has 0 amide bonds. The average Bonchev–Trinajstić information content (AvgIpc) is 2.83. The van der Waals surface area contributed by atoms with Crippen molar-refractivity contribution in [2.24, 2.45) is 7.05 Å². The van der Waals surface area contributed by atoms with Crippen LogP contribution in [0.3, 0.4) is 0 Å². The fourth-order valence-corrected chi connectivity index (χ4v) is 2.13. The van der Waals surface area contributed by atoms with Crippen LogP contribution in [0.1, 0.15) is 0 Å². The monoisotopic (exact) mass is 363 g/mol. The van der Waals surface area contributed by atoms with E-state index in [0.29, 0.717) is 0 Å². The Morgan fingerprint density at radius 2 is 1.32 bits per heavy atom. The van der Waals surface area contributed by atoms with Crippen LogP contribution in [0.5, 0.6) is 0 Å². The lowest BCUT2D eigenvalue weighted by Gasteiger charge is -1.98. The highest BCUT2D eigenvalue weighted by molar-refractivity contribution is 5.74. The minimum absolute atomic E-state index is 0. The lowest BCUT2D eigenvalue weighted by atomic mass is 10.1. The Balaban J connectivity index is 0.00000133. The highest BCUT2D eigenvalue weighted by Crippen LogP contribution is 2.29. The van der Waals surface area contributed by atoms with Crippen molar-refractivity contribution in [3.05, 3.63) is 67.1 Å². The number of hydrogen-bond donors (Lipinski definition) is 0. The van der Waals surface area contributed by atoms with Crippen molar-refractivity contribution < 1.29 is 33.0 Å². The molecule has 1 aromatic heterocycles. The molecule has 3 heteroatoms. The Kier molecular flexibility index (Phi) is 4.37. The van der Waals surface area contributed by atoms with Crippen LogP contribution in [-0.2, 0) is 7.05 Å². The Morgan fingerprint density at radius 1 is 0.789 bits per heavy atom. The van der Waals surface area contributed by atoms with Crippen molar-refractivity contribution >= 4 is 0 Å². The van der Waals surface area contributed by atoms with Gasteiger partial charge in [-0.3, -0.25) is 0 Å². The van der Waals surface area contributed by atoms with Gasteiger partial charge in [0.05, 0.1) is 5.56 Å². The third-order valence-corrected chi connectivity index (χ3v) is 2.98. The first-order valence-electron chi connectivity index (χ1n) is 5.94. The van der Waals surface area contributed by atoms with Gasteiger partial charge >= 0.3 is 6.39 Å². The lowest BCUT2D eigenvalue weighted by molar-refractivity contribution is -0.663. The largest absolute Gasteiger partial charge is 1.00 e. The number of hydrogen-bond acceptors (Lipinski definition) is 1. The summed E-state index contributed by atoms with van der Waals surface area (Å²) in [6.45, 7) is 0. The van der Waals surface area contributed by atoms with Gasteiger partial charge in [0, 0.05) is 5.56 Å². The smallest absolute Gasteiger partial charge is 0.335 e. The minimum Gasteiger partial charge on any atom is -1.00 e. The van der Waals surface area contributed by atoms with Gasteiger partial charge in [-0.15, -0.1) is 0 Å². The Hall–Kier alpha value is -1.62. The van der Waals surface area contributed by atoms with E-state index >= 15 is 0 Å². The molecular weight excluding hydrogens is 349 g/mol. The molecule has 0 aliphatic carbocycles. The molecule has 0 aliphatic heterocycles. The van der Waals surface area contributed by atoms with Crippen LogP contribution in [0.25, 0.3) is 22.6 Å². The van der Waals surface area contributed by atoms with E-state index in [1.807, 2.05) is 48.0 Å². The fourth-order valence-electron chi connectivity index (χ4n) is 2.13. The first kappa shape index (κ1) is 13.8. The first-order chi connectivity index (χ1) is 8.86. The summed E-state index contributed by atoms with van der Waals surface area (Å²) in [6, 6.07) is 20.5. The van der Waals surface area contributed by atoms with Crippen molar-refractivity contribution in [2.45, 2.75) is 0 Å². The number of oxazole rings is 1. The number of aryl methyl sites for hydroxylation is 1. The normalized spacial score (nSPS) is 9.95. The van der Waals surface area contributed by atoms with Crippen LogP contribution in [0.4, 0.5) is 0 Å². The van der Waals surface area contributed by atoms with Crippen molar-refractivity contribution in [3.8, 4) is 22.6 Å². The van der Waals surface area contributed by atoms with Crippen LogP contribution < -0.4 is 28.5 Å². The highest BCUT2D eigenvalue weighted by Gasteiger charge is 2.21. The maximum atomic E-state index is 5.70. The van der Waals surface area contributed by atoms with E-state index in [2.05, 4.69) is 24.3 Å². The number of halogens is 1. The van der Waals surface area contributed by atoms with E-state index < -0.39 is 0 Å². The molecule has 0 fully saturated rings. The van der Waals surface area contributed by atoms with Crippen LogP contribution in [-0.4, -0.2) is 0 Å². The number of nitrogens with zero attached hydrogens (tertiary/aromatic N) is 1. The van der Waals surface area contributed by atoms with Crippen LogP contribution in [0, 0.1) is 0 Å². The molecule has 0 saturated carbocycles. The predicted molar refractivity (Wildman–Crippen MR) is 70.8 cm³/mol. The quantitative estimate of drug-likeness (QED) is 0.477. The third kappa shape index (κ3) is 2.71. The highest BCUT2D eigenvalue weighted by atomic mass is 127. The molecule has 0 bridgehead atoms. The van der Waals surface area contributed by atoms with Crippen LogP contribution in [0.15, 0.2) is 71.5 Å². The SMILES string of the molecule is C[n+]1coc(-c2ccccc2)c1-c1ccccc1.[I-]. The summed E-state index contributed by atoms with van der Waals surface area (Å²) in [5, 5.41) is 0. The Morgan fingerprint density at radius 3 is 1.89 bits per heavy atom.